The first-order chi connectivity index (χ1) is 6.45. The number of ketones is 1. The Hall–Kier alpha value is -2.04. The highest BCUT2D eigenvalue weighted by molar-refractivity contribution is 6.03. The lowest BCUT2D eigenvalue weighted by Gasteiger charge is -2.05. The number of aromatic carboxylic acids is 1. The van der Waals surface area contributed by atoms with Gasteiger partial charge in [0, 0.05) is 0 Å². The molecule has 1 aromatic rings. The smallest absolute Gasteiger partial charge is 0.339 e. The molecule has 0 bridgehead atoms. The Kier molecular flexibility index (Phi) is 2.42. The molecule has 14 heavy (non-hydrogen) atoms. The van der Waals surface area contributed by atoms with E-state index in [4.69, 9.17) is 5.11 Å². The molecule has 0 aliphatic rings. The summed E-state index contributed by atoms with van der Waals surface area (Å²) in [4.78, 5) is 21.5. The third-order valence-electron chi connectivity index (χ3n) is 1.74. The van der Waals surface area contributed by atoms with Gasteiger partial charge >= 0.3 is 5.97 Å². The van der Waals surface area contributed by atoms with E-state index in [1.165, 1.54) is 0 Å². The SMILES string of the molecule is CC(=O)c1c(O)ccc(C(=O)O)c1O. The van der Waals surface area contributed by atoms with Gasteiger partial charge in [-0.25, -0.2) is 4.79 Å². The molecule has 74 valence electrons. The number of hydrogen-bond donors (Lipinski definition) is 3. The summed E-state index contributed by atoms with van der Waals surface area (Å²) in [5.41, 5.74) is -0.780. The van der Waals surface area contributed by atoms with Crippen LogP contribution in [0.1, 0.15) is 27.6 Å². The Labute approximate surface area is 79.2 Å². The molecule has 0 heterocycles. The maximum absolute atomic E-state index is 10.9. The number of phenolic OH excluding ortho intramolecular Hbond substituents is 1. The zero-order valence-electron chi connectivity index (χ0n) is 7.31. The summed E-state index contributed by atoms with van der Waals surface area (Å²) < 4.78 is 0. The molecule has 0 aromatic heterocycles. The van der Waals surface area contributed by atoms with Crippen LogP contribution in [0, 0.1) is 0 Å². The van der Waals surface area contributed by atoms with Gasteiger partial charge in [0.15, 0.2) is 5.78 Å². The summed E-state index contributed by atoms with van der Waals surface area (Å²) in [6.45, 7) is 1.13. The maximum atomic E-state index is 10.9. The fraction of sp³-hybridized carbons (Fsp3) is 0.111. The number of phenols is 2. The van der Waals surface area contributed by atoms with E-state index in [1.54, 1.807) is 0 Å². The van der Waals surface area contributed by atoms with Crippen LogP contribution in [0.5, 0.6) is 11.5 Å². The van der Waals surface area contributed by atoms with Gasteiger partial charge in [-0.1, -0.05) is 0 Å². The van der Waals surface area contributed by atoms with Crippen molar-refractivity contribution in [1.29, 1.82) is 0 Å². The second kappa shape index (κ2) is 3.37. The molecule has 5 heteroatoms. The molecule has 0 spiro atoms. The van der Waals surface area contributed by atoms with Gasteiger partial charge in [0.05, 0.1) is 0 Å². The zero-order valence-corrected chi connectivity index (χ0v) is 7.31. The molecule has 0 radical (unpaired) electrons. The van der Waals surface area contributed by atoms with Crippen molar-refractivity contribution in [2.24, 2.45) is 0 Å². The number of benzene rings is 1. The third-order valence-corrected chi connectivity index (χ3v) is 1.74. The third kappa shape index (κ3) is 1.52. The lowest BCUT2D eigenvalue weighted by Crippen LogP contribution is -2.02. The van der Waals surface area contributed by atoms with Crippen LogP contribution in [0.4, 0.5) is 0 Å². The summed E-state index contributed by atoms with van der Waals surface area (Å²) in [6.07, 6.45) is 0. The minimum absolute atomic E-state index is 0.370. The molecule has 0 amide bonds. The Morgan fingerprint density at radius 3 is 2.21 bits per heavy atom. The van der Waals surface area contributed by atoms with Crippen molar-refractivity contribution >= 4 is 11.8 Å². The number of Topliss-reactive ketones (excluding diaryl/α,β-unsaturated/α-hetero) is 1. The molecular formula is C9H8O5. The molecule has 0 aliphatic carbocycles. The van der Waals surface area contributed by atoms with Crippen molar-refractivity contribution in [1.82, 2.24) is 0 Å². The number of aromatic hydroxyl groups is 2. The molecule has 0 fully saturated rings. The van der Waals surface area contributed by atoms with Crippen LogP contribution < -0.4 is 0 Å². The summed E-state index contributed by atoms with van der Waals surface area (Å²) in [5, 5.41) is 27.2. The van der Waals surface area contributed by atoms with Gasteiger partial charge in [-0.05, 0) is 19.1 Å². The van der Waals surface area contributed by atoms with Crippen molar-refractivity contribution < 1.29 is 24.9 Å². The van der Waals surface area contributed by atoms with E-state index in [9.17, 15) is 19.8 Å². The predicted octanol–water partition coefficient (Wildman–Crippen LogP) is 0.999. The van der Waals surface area contributed by atoms with Crippen molar-refractivity contribution in [2.45, 2.75) is 6.92 Å². The van der Waals surface area contributed by atoms with Gasteiger partial charge in [-0.3, -0.25) is 4.79 Å². The van der Waals surface area contributed by atoms with E-state index in [-0.39, 0.29) is 5.56 Å². The van der Waals surface area contributed by atoms with Crippen LogP contribution in [0.25, 0.3) is 0 Å². The van der Waals surface area contributed by atoms with Crippen molar-refractivity contribution in [3.63, 3.8) is 0 Å². The van der Waals surface area contributed by atoms with Crippen LogP contribution in [-0.2, 0) is 0 Å². The normalized spacial score (nSPS) is 9.79. The van der Waals surface area contributed by atoms with Crippen molar-refractivity contribution in [3.8, 4) is 11.5 Å². The zero-order chi connectivity index (χ0) is 10.9. The molecule has 0 saturated carbocycles. The van der Waals surface area contributed by atoms with Gasteiger partial charge in [0.1, 0.15) is 22.6 Å². The summed E-state index contributed by atoms with van der Waals surface area (Å²) in [5.74, 6) is -3.09. The lowest BCUT2D eigenvalue weighted by molar-refractivity contribution is 0.0693. The minimum Gasteiger partial charge on any atom is -0.507 e. The minimum atomic E-state index is -1.36. The van der Waals surface area contributed by atoms with Crippen molar-refractivity contribution in [3.05, 3.63) is 23.3 Å². The van der Waals surface area contributed by atoms with Gasteiger partial charge < -0.3 is 15.3 Å². The monoisotopic (exact) mass is 196 g/mol. The Bertz CT molecular complexity index is 408. The summed E-state index contributed by atoms with van der Waals surface area (Å²) >= 11 is 0. The number of rotatable bonds is 2. The Balaban J connectivity index is 3.49. The van der Waals surface area contributed by atoms with Gasteiger partial charge in [-0.15, -0.1) is 0 Å². The lowest BCUT2D eigenvalue weighted by atomic mass is 10.0. The first-order valence-corrected chi connectivity index (χ1v) is 3.74. The van der Waals surface area contributed by atoms with Gasteiger partial charge in [-0.2, -0.15) is 0 Å². The number of carbonyl (C=O) groups excluding carboxylic acids is 1. The van der Waals surface area contributed by atoms with Crippen LogP contribution in [0.3, 0.4) is 0 Å². The highest BCUT2D eigenvalue weighted by atomic mass is 16.4. The maximum Gasteiger partial charge on any atom is 0.339 e. The Morgan fingerprint density at radius 2 is 1.79 bits per heavy atom. The molecule has 0 unspecified atom stereocenters. The van der Waals surface area contributed by atoms with E-state index in [0.717, 1.165) is 19.1 Å². The predicted molar refractivity (Wildman–Crippen MR) is 46.7 cm³/mol. The van der Waals surface area contributed by atoms with E-state index >= 15 is 0 Å². The van der Waals surface area contributed by atoms with Crippen LogP contribution in [0.15, 0.2) is 12.1 Å². The highest BCUT2D eigenvalue weighted by Gasteiger charge is 2.19. The standard InChI is InChI=1S/C9H8O5/c1-4(10)7-6(11)3-2-5(8(7)12)9(13)14/h2-3,11-12H,1H3,(H,13,14). The second-order valence-electron chi connectivity index (χ2n) is 2.72. The van der Waals surface area contributed by atoms with E-state index in [2.05, 4.69) is 0 Å². The molecule has 1 rings (SSSR count). The van der Waals surface area contributed by atoms with Crippen LogP contribution in [0.2, 0.25) is 0 Å². The fourth-order valence-electron chi connectivity index (χ4n) is 1.10. The first kappa shape index (κ1) is 10.0. The molecule has 0 atom stereocenters. The molecule has 3 N–H and O–H groups in total. The van der Waals surface area contributed by atoms with E-state index in [0.29, 0.717) is 0 Å². The summed E-state index contributed by atoms with van der Waals surface area (Å²) in [7, 11) is 0. The number of carboxylic acids is 1. The molecular weight excluding hydrogens is 188 g/mol. The quantitative estimate of drug-likeness (QED) is 0.613. The van der Waals surface area contributed by atoms with Crippen LogP contribution >= 0.6 is 0 Å². The van der Waals surface area contributed by atoms with Crippen LogP contribution in [-0.4, -0.2) is 27.1 Å². The molecule has 0 saturated heterocycles. The molecule has 1 aromatic carbocycles. The fourth-order valence-corrected chi connectivity index (χ4v) is 1.10. The topological polar surface area (TPSA) is 94.8 Å². The largest absolute Gasteiger partial charge is 0.507 e. The average molecular weight is 196 g/mol. The van der Waals surface area contributed by atoms with E-state index < -0.39 is 28.8 Å². The number of carbonyl (C=O) groups is 2. The van der Waals surface area contributed by atoms with E-state index in [1.807, 2.05) is 0 Å². The number of hydrogen-bond acceptors (Lipinski definition) is 4. The number of carboxylic acid groups (broad SMARTS) is 1. The van der Waals surface area contributed by atoms with Gasteiger partial charge in [0.25, 0.3) is 0 Å². The average Bonchev–Trinajstić information content (AvgIpc) is 2.02. The first-order valence-electron chi connectivity index (χ1n) is 3.74. The molecule has 0 aliphatic heterocycles. The van der Waals surface area contributed by atoms with Gasteiger partial charge in [0.2, 0.25) is 0 Å². The Morgan fingerprint density at radius 1 is 1.21 bits per heavy atom. The summed E-state index contributed by atoms with van der Waals surface area (Å²) in [6, 6.07) is 2.08. The molecule has 5 nitrogen and oxygen atoms in total. The second-order valence-corrected chi connectivity index (χ2v) is 2.72. The highest BCUT2D eigenvalue weighted by Crippen LogP contribution is 2.30. The van der Waals surface area contributed by atoms with Crippen molar-refractivity contribution in [2.75, 3.05) is 0 Å².